The maximum Gasteiger partial charge on any atom is 0.495 e. The van der Waals surface area contributed by atoms with E-state index < -0.39 is 0 Å². The van der Waals surface area contributed by atoms with Gasteiger partial charge in [-0.15, -0.1) is 0 Å². The highest BCUT2D eigenvalue weighted by atomic mass is 16.7. The van der Waals surface area contributed by atoms with Crippen molar-refractivity contribution in [2.75, 3.05) is 0 Å². The molecule has 5 heteroatoms. The molecule has 126 valence electrons. The molecule has 0 bridgehead atoms. The smallest absolute Gasteiger partial charge is 0.399 e. The first kappa shape index (κ1) is 16.2. The quantitative estimate of drug-likeness (QED) is 0.673. The van der Waals surface area contributed by atoms with Gasteiger partial charge in [-0.05, 0) is 50.0 Å². The SMILES string of the molecule is CC1(C)OB(c2ccc(-c3ncccn3)c3ccccc23)OC1(C)C. The number of fused-ring (bicyclic) bond motifs is 1. The van der Waals surface area contributed by atoms with E-state index in [0.29, 0.717) is 0 Å². The van der Waals surface area contributed by atoms with Crippen molar-refractivity contribution >= 4 is 23.4 Å². The van der Waals surface area contributed by atoms with Gasteiger partial charge >= 0.3 is 7.12 Å². The summed E-state index contributed by atoms with van der Waals surface area (Å²) in [5, 5.41) is 2.20. The molecule has 3 aromatic rings. The lowest BCUT2D eigenvalue weighted by molar-refractivity contribution is 0.00578. The Morgan fingerprint density at radius 3 is 2.00 bits per heavy atom. The van der Waals surface area contributed by atoms with Crippen LogP contribution in [0.3, 0.4) is 0 Å². The molecule has 1 aliphatic rings. The summed E-state index contributed by atoms with van der Waals surface area (Å²) < 4.78 is 12.5. The molecule has 0 spiro atoms. The minimum absolute atomic E-state index is 0.361. The maximum absolute atomic E-state index is 6.25. The summed E-state index contributed by atoms with van der Waals surface area (Å²) in [6.45, 7) is 8.28. The molecule has 0 N–H and O–H groups in total. The number of hydrogen-bond donors (Lipinski definition) is 0. The molecule has 0 aliphatic carbocycles. The van der Waals surface area contributed by atoms with Gasteiger partial charge < -0.3 is 9.31 Å². The number of hydrogen-bond acceptors (Lipinski definition) is 4. The Balaban J connectivity index is 1.86. The first-order valence-corrected chi connectivity index (χ1v) is 8.54. The first-order chi connectivity index (χ1) is 11.9. The van der Waals surface area contributed by atoms with Crippen molar-refractivity contribution in [3.8, 4) is 11.4 Å². The highest BCUT2D eigenvalue weighted by Crippen LogP contribution is 2.37. The third-order valence-electron chi connectivity index (χ3n) is 5.27. The highest BCUT2D eigenvalue weighted by Gasteiger charge is 2.52. The van der Waals surface area contributed by atoms with Gasteiger partial charge in [-0.1, -0.05) is 36.4 Å². The van der Waals surface area contributed by atoms with E-state index in [1.165, 1.54) is 0 Å². The summed E-state index contributed by atoms with van der Waals surface area (Å²) in [5.41, 5.74) is 1.32. The molecule has 1 aliphatic heterocycles. The van der Waals surface area contributed by atoms with Gasteiger partial charge in [-0.25, -0.2) is 9.97 Å². The van der Waals surface area contributed by atoms with E-state index in [1.54, 1.807) is 12.4 Å². The molecular weight excluding hydrogens is 311 g/mol. The molecule has 4 rings (SSSR count). The van der Waals surface area contributed by atoms with Crippen molar-refractivity contribution in [3.63, 3.8) is 0 Å². The van der Waals surface area contributed by atoms with E-state index in [-0.39, 0.29) is 18.3 Å². The van der Waals surface area contributed by atoms with Crippen LogP contribution < -0.4 is 5.46 Å². The average molecular weight is 332 g/mol. The van der Waals surface area contributed by atoms with Crippen molar-refractivity contribution in [3.05, 3.63) is 54.9 Å². The second-order valence-corrected chi connectivity index (χ2v) is 7.41. The van der Waals surface area contributed by atoms with Gasteiger partial charge in [-0.2, -0.15) is 0 Å². The lowest BCUT2D eigenvalue weighted by atomic mass is 9.75. The fraction of sp³-hybridized carbons (Fsp3) is 0.300. The Labute approximate surface area is 148 Å². The largest absolute Gasteiger partial charge is 0.495 e. The van der Waals surface area contributed by atoms with Gasteiger partial charge in [0, 0.05) is 18.0 Å². The van der Waals surface area contributed by atoms with Gasteiger partial charge in [0.25, 0.3) is 0 Å². The van der Waals surface area contributed by atoms with Crippen LogP contribution in [0.25, 0.3) is 22.2 Å². The van der Waals surface area contributed by atoms with E-state index in [1.807, 2.05) is 18.2 Å². The zero-order valence-corrected chi connectivity index (χ0v) is 15.0. The van der Waals surface area contributed by atoms with E-state index in [2.05, 4.69) is 61.9 Å². The molecule has 1 fully saturated rings. The van der Waals surface area contributed by atoms with E-state index in [4.69, 9.17) is 9.31 Å². The molecule has 25 heavy (non-hydrogen) atoms. The number of aromatic nitrogens is 2. The van der Waals surface area contributed by atoms with Crippen LogP contribution in [0.15, 0.2) is 54.9 Å². The predicted octanol–water partition coefficient (Wildman–Crippen LogP) is 3.60. The van der Waals surface area contributed by atoms with E-state index in [9.17, 15) is 0 Å². The summed E-state index contributed by atoms with van der Waals surface area (Å²) in [5.74, 6) is 0.721. The lowest BCUT2D eigenvalue weighted by Crippen LogP contribution is -2.41. The van der Waals surface area contributed by atoms with Crippen LogP contribution in [-0.4, -0.2) is 28.3 Å². The number of benzene rings is 2. The van der Waals surface area contributed by atoms with Crippen LogP contribution in [0.5, 0.6) is 0 Å². The molecule has 0 saturated carbocycles. The Morgan fingerprint density at radius 2 is 1.36 bits per heavy atom. The summed E-state index contributed by atoms with van der Waals surface area (Å²) in [4.78, 5) is 8.80. The van der Waals surface area contributed by atoms with Crippen LogP contribution in [-0.2, 0) is 9.31 Å². The molecule has 0 unspecified atom stereocenters. The zero-order valence-electron chi connectivity index (χ0n) is 15.0. The molecule has 0 radical (unpaired) electrons. The van der Waals surface area contributed by atoms with Gasteiger partial charge in [-0.3, -0.25) is 0 Å². The zero-order chi connectivity index (χ0) is 17.7. The minimum atomic E-state index is -0.388. The fourth-order valence-electron chi connectivity index (χ4n) is 3.13. The fourth-order valence-corrected chi connectivity index (χ4v) is 3.13. The normalized spacial score (nSPS) is 18.6. The van der Waals surface area contributed by atoms with Crippen molar-refractivity contribution in [1.29, 1.82) is 0 Å². The van der Waals surface area contributed by atoms with Crippen molar-refractivity contribution < 1.29 is 9.31 Å². The van der Waals surface area contributed by atoms with Gasteiger partial charge in [0.1, 0.15) is 0 Å². The molecule has 4 nitrogen and oxygen atoms in total. The summed E-state index contributed by atoms with van der Waals surface area (Å²) in [6.07, 6.45) is 3.53. The summed E-state index contributed by atoms with van der Waals surface area (Å²) in [6, 6.07) is 14.2. The molecule has 2 aromatic carbocycles. The monoisotopic (exact) mass is 332 g/mol. The minimum Gasteiger partial charge on any atom is -0.399 e. The van der Waals surface area contributed by atoms with E-state index >= 15 is 0 Å². The van der Waals surface area contributed by atoms with Crippen molar-refractivity contribution in [1.82, 2.24) is 9.97 Å². The van der Waals surface area contributed by atoms with Crippen LogP contribution in [0.2, 0.25) is 0 Å². The Hall–Kier alpha value is -2.24. The van der Waals surface area contributed by atoms with E-state index in [0.717, 1.165) is 27.6 Å². The third kappa shape index (κ3) is 2.64. The van der Waals surface area contributed by atoms with Crippen LogP contribution >= 0.6 is 0 Å². The standard InChI is InChI=1S/C20H21BN2O2/c1-19(2)20(3,4)25-21(24-19)17-11-10-16(18-22-12-7-13-23-18)14-8-5-6-9-15(14)17/h5-13H,1-4H3. The second-order valence-electron chi connectivity index (χ2n) is 7.41. The number of rotatable bonds is 2. The lowest BCUT2D eigenvalue weighted by Gasteiger charge is -2.32. The van der Waals surface area contributed by atoms with Crippen LogP contribution in [0.4, 0.5) is 0 Å². The Morgan fingerprint density at radius 1 is 0.760 bits per heavy atom. The Kier molecular flexibility index (Phi) is 3.67. The topological polar surface area (TPSA) is 44.2 Å². The predicted molar refractivity (Wildman–Crippen MR) is 101 cm³/mol. The maximum atomic E-state index is 6.25. The van der Waals surface area contributed by atoms with Crippen molar-refractivity contribution in [2.45, 2.75) is 38.9 Å². The molecular formula is C20H21BN2O2. The molecule has 2 heterocycles. The summed E-state index contributed by atoms with van der Waals surface area (Å²) >= 11 is 0. The van der Waals surface area contributed by atoms with Gasteiger partial charge in [0.05, 0.1) is 11.2 Å². The van der Waals surface area contributed by atoms with Crippen molar-refractivity contribution in [2.24, 2.45) is 0 Å². The molecule has 1 aromatic heterocycles. The highest BCUT2D eigenvalue weighted by molar-refractivity contribution is 6.65. The summed E-state index contributed by atoms with van der Waals surface area (Å²) in [7, 11) is -0.388. The molecule has 1 saturated heterocycles. The van der Waals surface area contributed by atoms with Gasteiger partial charge in [0.15, 0.2) is 5.82 Å². The third-order valence-corrected chi connectivity index (χ3v) is 5.27. The van der Waals surface area contributed by atoms with Crippen LogP contribution in [0, 0.1) is 0 Å². The molecule has 0 atom stereocenters. The van der Waals surface area contributed by atoms with Crippen LogP contribution in [0.1, 0.15) is 27.7 Å². The Bertz CT molecular complexity index is 909. The first-order valence-electron chi connectivity index (χ1n) is 8.54. The average Bonchev–Trinajstić information content (AvgIpc) is 2.82. The van der Waals surface area contributed by atoms with Gasteiger partial charge in [0.2, 0.25) is 0 Å². The molecule has 0 amide bonds. The number of nitrogens with zero attached hydrogens (tertiary/aromatic N) is 2. The second kappa shape index (κ2) is 5.65.